The number of aromatic nitrogens is 1. The van der Waals surface area contributed by atoms with Crippen LogP contribution in [0.3, 0.4) is 0 Å². The monoisotopic (exact) mass is 309 g/mol. The zero-order valence-electron chi connectivity index (χ0n) is 12.7. The first-order valence-electron chi connectivity index (χ1n) is 7.73. The lowest BCUT2D eigenvalue weighted by Crippen LogP contribution is -2.42. The van der Waals surface area contributed by atoms with Crippen LogP contribution in [0, 0.1) is 5.92 Å². The second-order valence-corrected chi connectivity index (χ2v) is 5.75. The summed E-state index contributed by atoms with van der Waals surface area (Å²) in [4.78, 5) is 28.3. The van der Waals surface area contributed by atoms with Gasteiger partial charge in [-0.15, -0.1) is 0 Å². The van der Waals surface area contributed by atoms with Gasteiger partial charge in [-0.25, -0.2) is 0 Å². The van der Waals surface area contributed by atoms with Crippen molar-refractivity contribution in [2.45, 2.75) is 25.4 Å². The zero-order chi connectivity index (χ0) is 16.1. The lowest BCUT2D eigenvalue weighted by atomic mass is 9.87. The summed E-state index contributed by atoms with van der Waals surface area (Å²) < 4.78 is 0. The van der Waals surface area contributed by atoms with Crippen molar-refractivity contribution >= 4 is 11.8 Å². The van der Waals surface area contributed by atoms with Crippen LogP contribution in [0.2, 0.25) is 0 Å². The Hall–Kier alpha value is -2.69. The lowest BCUT2D eigenvalue weighted by molar-refractivity contribution is -0.133. The number of rotatable bonds is 4. The second-order valence-electron chi connectivity index (χ2n) is 5.75. The van der Waals surface area contributed by atoms with Crippen molar-refractivity contribution in [3.8, 4) is 0 Å². The van der Waals surface area contributed by atoms with Gasteiger partial charge >= 0.3 is 0 Å². The molecule has 2 heterocycles. The smallest absolute Gasteiger partial charge is 0.223 e. The maximum absolute atomic E-state index is 12.4. The summed E-state index contributed by atoms with van der Waals surface area (Å²) in [6, 6.07) is 13.4. The number of pyridine rings is 1. The third-order valence-corrected chi connectivity index (χ3v) is 4.05. The minimum atomic E-state index is -0.300. The molecule has 1 aliphatic rings. The van der Waals surface area contributed by atoms with Gasteiger partial charge in [-0.3, -0.25) is 14.6 Å². The van der Waals surface area contributed by atoms with Gasteiger partial charge in [0.15, 0.2) is 0 Å². The molecule has 23 heavy (non-hydrogen) atoms. The topological polar surface area (TPSA) is 71.1 Å². The third kappa shape index (κ3) is 3.94. The van der Waals surface area contributed by atoms with Crippen molar-refractivity contribution in [2.75, 3.05) is 0 Å². The van der Waals surface area contributed by atoms with E-state index in [0.717, 1.165) is 11.1 Å². The van der Waals surface area contributed by atoms with Gasteiger partial charge in [-0.2, -0.15) is 0 Å². The standard InChI is InChI=1S/C18H19N3O2/c22-17-10-15(9-16(21-17)14-6-2-1-3-7-14)18(23)20-12-13-5-4-8-19-11-13/h1-8,11,15-16H,9-10,12H2,(H,20,23)(H,21,22)/t15-,16-/m1/s1. The minimum Gasteiger partial charge on any atom is -0.352 e. The predicted molar refractivity (Wildman–Crippen MR) is 86.1 cm³/mol. The maximum Gasteiger partial charge on any atom is 0.223 e. The highest BCUT2D eigenvalue weighted by atomic mass is 16.2. The molecule has 1 saturated heterocycles. The summed E-state index contributed by atoms with van der Waals surface area (Å²) in [6.07, 6.45) is 4.28. The fourth-order valence-corrected chi connectivity index (χ4v) is 2.84. The Balaban J connectivity index is 1.62. The number of piperidine rings is 1. The Morgan fingerprint density at radius 3 is 2.78 bits per heavy atom. The molecule has 0 spiro atoms. The average Bonchev–Trinajstić information content (AvgIpc) is 2.61. The molecular weight excluding hydrogens is 290 g/mol. The molecule has 2 atom stereocenters. The van der Waals surface area contributed by atoms with Crippen LogP contribution in [0.4, 0.5) is 0 Å². The van der Waals surface area contributed by atoms with Gasteiger partial charge < -0.3 is 10.6 Å². The van der Waals surface area contributed by atoms with Gasteiger partial charge in [-0.05, 0) is 23.6 Å². The molecule has 0 radical (unpaired) electrons. The van der Waals surface area contributed by atoms with E-state index in [9.17, 15) is 9.59 Å². The summed E-state index contributed by atoms with van der Waals surface area (Å²) in [6.45, 7) is 0.431. The molecule has 1 aliphatic heterocycles. The minimum absolute atomic E-state index is 0.0772. The Morgan fingerprint density at radius 1 is 1.22 bits per heavy atom. The molecule has 2 amide bonds. The van der Waals surface area contributed by atoms with Gasteiger partial charge in [-0.1, -0.05) is 36.4 Å². The van der Waals surface area contributed by atoms with E-state index in [4.69, 9.17) is 0 Å². The van der Waals surface area contributed by atoms with E-state index in [0.29, 0.717) is 13.0 Å². The van der Waals surface area contributed by atoms with Crippen LogP contribution < -0.4 is 10.6 Å². The van der Waals surface area contributed by atoms with Crippen molar-refractivity contribution in [2.24, 2.45) is 5.92 Å². The van der Waals surface area contributed by atoms with Crippen molar-refractivity contribution < 1.29 is 9.59 Å². The van der Waals surface area contributed by atoms with Gasteiger partial charge in [0.05, 0.1) is 6.04 Å². The Labute approximate surface area is 135 Å². The average molecular weight is 309 g/mol. The molecule has 5 nitrogen and oxygen atoms in total. The molecule has 0 bridgehead atoms. The molecule has 3 rings (SSSR count). The van der Waals surface area contributed by atoms with Gasteiger partial charge in [0.25, 0.3) is 0 Å². The fraction of sp³-hybridized carbons (Fsp3) is 0.278. The SMILES string of the molecule is O=C1C[C@H](C(=O)NCc2cccnc2)C[C@H](c2ccccc2)N1. The molecular formula is C18H19N3O2. The first kappa shape index (κ1) is 15.2. The van der Waals surface area contributed by atoms with E-state index in [2.05, 4.69) is 15.6 Å². The van der Waals surface area contributed by atoms with Crippen molar-refractivity contribution in [1.82, 2.24) is 15.6 Å². The highest BCUT2D eigenvalue weighted by Gasteiger charge is 2.31. The fourth-order valence-electron chi connectivity index (χ4n) is 2.84. The highest BCUT2D eigenvalue weighted by molar-refractivity contribution is 5.87. The summed E-state index contributed by atoms with van der Waals surface area (Å²) >= 11 is 0. The molecule has 2 N–H and O–H groups in total. The summed E-state index contributed by atoms with van der Waals surface area (Å²) in [7, 11) is 0. The van der Waals surface area contributed by atoms with E-state index in [-0.39, 0.29) is 30.2 Å². The first-order chi connectivity index (χ1) is 11.2. The molecule has 5 heteroatoms. The van der Waals surface area contributed by atoms with Crippen molar-refractivity contribution in [3.05, 3.63) is 66.0 Å². The predicted octanol–water partition coefficient (Wildman–Crippen LogP) is 1.97. The number of hydrogen-bond acceptors (Lipinski definition) is 3. The van der Waals surface area contributed by atoms with E-state index in [1.165, 1.54) is 0 Å². The van der Waals surface area contributed by atoms with E-state index in [1.54, 1.807) is 12.4 Å². The van der Waals surface area contributed by atoms with Crippen LogP contribution in [0.25, 0.3) is 0 Å². The van der Waals surface area contributed by atoms with Gasteiger partial charge in [0.2, 0.25) is 11.8 Å². The number of nitrogens with one attached hydrogen (secondary N) is 2. The van der Waals surface area contributed by atoms with Crippen LogP contribution >= 0.6 is 0 Å². The number of benzene rings is 1. The molecule has 0 aliphatic carbocycles. The number of hydrogen-bond donors (Lipinski definition) is 2. The quantitative estimate of drug-likeness (QED) is 0.907. The van der Waals surface area contributed by atoms with E-state index in [1.807, 2.05) is 42.5 Å². The molecule has 0 saturated carbocycles. The Morgan fingerprint density at radius 2 is 2.04 bits per heavy atom. The van der Waals surface area contributed by atoms with Crippen LogP contribution in [-0.2, 0) is 16.1 Å². The summed E-state index contributed by atoms with van der Waals surface area (Å²) in [5.74, 6) is -0.457. The second kappa shape index (κ2) is 7.05. The van der Waals surface area contributed by atoms with E-state index < -0.39 is 0 Å². The zero-order valence-corrected chi connectivity index (χ0v) is 12.7. The van der Waals surface area contributed by atoms with Gasteiger partial charge in [0, 0.05) is 31.3 Å². The number of carbonyl (C=O) groups is 2. The number of amides is 2. The Bertz CT molecular complexity index is 673. The summed E-state index contributed by atoms with van der Waals surface area (Å²) in [5.41, 5.74) is 1.98. The molecule has 0 unspecified atom stereocenters. The number of nitrogens with zero attached hydrogens (tertiary/aromatic N) is 1. The highest BCUT2D eigenvalue weighted by Crippen LogP contribution is 2.27. The van der Waals surface area contributed by atoms with E-state index >= 15 is 0 Å². The van der Waals surface area contributed by atoms with Crippen LogP contribution in [0.1, 0.15) is 30.0 Å². The molecule has 118 valence electrons. The first-order valence-corrected chi connectivity index (χ1v) is 7.73. The molecule has 1 aromatic carbocycles. The van der Waals surface area contributed by atoms with Crippen molar-refractivity contribution in [3.63, 3.8) is 0 Å². The normalized spacial score (nSPS) is 20.6. The number of carbonyl (C=O) groups excluding carboxylic acids is 2. The molecule has 2 aromatic rings. The van der Waals surface area contributed by atoms with Crippen LogP contribution in [0.5, 0.6) is 0 Å². The summed E-state index contributed by atoms with van der Waals surface area (Å²) in [5, 5.41) is 5.86. The van der Waals surface area contributed by atoms with Crippen LogP contribution in [0.15, 0.2) is 54.9 Å². The van der Waals surface area contributed by atoms with Gasteiger partial charge in [0.1, 0.15) is 0 Å². The van der Waals surface area contributed by atoms with Crippen molar-refractivity contribution in [1.29, 1.82) is 0 Å². The molecule has 1 aromatic heterocycles. The lowest BCUT2D eigenvalue weighted by Gasteiger charge is -2.29. The maximum atomic E-state index is 12.4. The largest absolute Gasteiger partial charge is 0.352 e. The Kier molecular flexibility index (Phi) is 4.66. The van der Waals surface area contributed by atoms with Crippen LogP contribution in [-0.4, -0.2) is 16.8 Å². The third-order valence-electron chi connectivity index (χ3n) is 4.05. The molecule has 1 fully saturated rings.